The summed E-state index contributed by atoms with van der Waals surface area (Å²) in [7, 11) is 1.74. The molecular weight excluding hydrogens is 232 g/mol. The van der Waals surface area contributed by atoms with E-state index in [0.717, 1.165) is 0 Å². The van der Waals surface area contributed by atoms with Crippen molar-refractivity contribution in [3.8, 4) is 0 Å². The van der Waals surface area contributed by atoms with Crippen LogP contribution in [0.5, 0.6) is 0 Å². The number of methoxy groups -OCH3 is 1. The second-order valence-corrected chi connectivity index (χ2v) is 5.49. The highest BCUT2D eigenvalue weighted by molar-refractivity contribution is 5.38. The van der Waals surface area contributed by atoms with Crippen LogP contribution in [0.25, 0.3) is 0 Å². The summed E-state index contributed by atoms with van der Waals surface area (Å²) in [5.41, 5.74) is 3.90. The van der Waals surface area contributed by atoms with Crippen molar-refractivity contribution in [1.82, 2.24) is 0 Å². The van der Waals surface area contributed by atoms with Crippen LogP contribution in [0.2, 0.25) is 0 Å². The molecule has 0 fully saturated rings. The normalized spacial score (nSPS) is 13.3. The largest absolute Gasteiger partial charge is 0.377 e. The molecule has 0 aliphatic rings. The Hall–Kier alpha value is -1.60. The predicted molar refractivity (Wildman–Crippen MR) is 80.4 cm³/mol. The van der Waals surface area contributed by atoms with Gasteiger partial charge in [0.15, 0.2) is 0 Å². The van der Waals surface area contributed by atoms with Gasteiger partial charge >= 0.3 is 0 Å². The van der Waals surface area contributed by atoms with E-state index in [4.69, 9.17) is 4.74 Å². The zero-order valence-corrected chi connectivity index (χ0v) is 12.2. The third-order valence-corrected chi connectivity index (χ3v) is 3.95. The maximum atomic E-state index is 5.35. The molecular formula is C18H22O. The Morgan fingerprint density at radius 3 is 1.89 bits per heavy atom. The number of benzene rings is 2. The molecule has 0 saturated carbocycles. The van der Waals surface area contributed by atoms with Gasteiger partial charge in [-0.3, -0.25) is 0 Å². The molecule has 0 saturated heterocycles. The first-order chi connectivity index (χ1) is 9.05. The zero-order chi connectivity index (χ0) is 13.9. The second-order valence-electron chi connectivity index (χ2n) is 5.49. The third-order valence-electron chi connectivity index (χ3n) is 3.95. The van der Waals surface area contributed by atoms with Crippen LogP contribution in [-0.2, 0) is 10.2 Å². The maximum absolute atomic E-state index is 5.35. The summed E-state index contributed by atoms with van der Waals surface area (Å²) in [6.45, 7) is 6.59. The molecule has 1 unspecified atom stereocenters. The first-order valence-electron chi connectivity index (χ1n) is 6.74. The molecule has 100 valence electrons. The van der Waals surface area contributed by atoms with Crippen LogP contribution >= 0.6 is 0 Å². The molecule has 2 aromatic carbocycles. The average Bonchev–Trinajstić information content (AvgIpc) is 2.47. The first kappa shape index (κ1) is 13.8. The van der Waals surface area contributed by atoms with Crippen LogP contribution in [-0.4, -0.2) is 7.11 Å². The minimum Gasteiger partial charge on any atom is -0.377 e. The van der Waals surface area contributed by atoms with Crippen molar-refractivity contribution in [3.05, 3.63) is 71.3 Å². The van der Waals surface area contributed by atoms with Crippen molar-refractivity contribution in [2.75, 3.05) is 7.11 Å². The van der Waals surface area contributed by atoms with E-state index in [1.54, 1.807) is 7.11 Å². The van der Waals surface area contributed by atoms with Crippen LogP contribution in [0.4, 0.5) is 0 Å². The Bertz CT molecular complexity index is 511. The Kier molecular flexibility index (Phi) is 4.06. The standard InChI is InChI=1S/C18H22O/c1-14(19-4)15-10-12-17(13-11-15)18(2,3)16-8-6-5-7-9-16/h5-14H,1-4H3. The monoisotopic (exact) mass is 254 g/mol. The molecule has 0 aliphatic heterocycles. The van der Waals surface area contributed by atoms with E-state index in [1.807, 2.05) is 0 Å². The van der Waals surface area contributed by atoms with Crippen LogP contribution in [0.1, 0.15) is 43.6 Å². The minimum absolute atomic E-state index is 0.0239. The fourth-order valence-corrected chi connectivity index (χ4v) is 2.33. The highest BCUT2D eigenvalue weighted by Crippen LogP contribution is 2.32. The van der Waals surface area contributed by atoms with Crippen molar-refractivity contribution < 1.29 is 4.74 Å². The molecule has 1 atom stereocenters. The fraction of sp³-hybridized carbons (Fsp3) is 0.333. The molecule has 2 aromatic rings. The minimum atomic E-state index is 0.0239. The fourth-order valence-electron chi connectivity index (χ4n) is 2.33. The molecule has 0 amide bonds. The summed E-state index contributed by atoms with van der Waals surface area (Å²) in [5, 5.41) is 0. The zero-order valence-electron chi connectivity index (χ0n) is 12.2. The van der Waals surface area contributed by atoms with Gasteiger partial charge in [-0.15, -0.1) is 0 Å². The van der Waals surface area contributed by atoms with Crippen molar-refractivity contribution in [2.45, 2.75) is 32.3 Å². The molecule has 0 bridgehead atoms. The van der Waals surface area contributed by atoms with E-state index >= 15 is 0 Å². The number of rotatable bonds is 4. The van der Waals surface area contributed by atoms with E-state index in [9.17, 15) is 0 Å². The Balaban J connectivity index is 2.31. The molecule has 19 heavy (non-hydrogen) atoms. The van der Waals surface area contributed by atoms with E-state index in [-0.39, 0.29) is 11.5 Å². The predicted octanol–water partition coefficient (Wildman–Crippen LogP) is 4.72. The van der Waals surface area contributed by atoms with Gasteiger partial charge in [0.1, 0.15) is 0 Å². The smallest absolute Gasteiger partial charge is 0.0793 e. The van der Waals surface area contributed by atoms with Crippen LogP contribution in [0.3, 0.4) is 0 Å². The van der Waals surface area contributed by atoms with Gasteiger partial charge in [-0.25, -0.2) is 0 Å². The molecule has 0 spiro atoms. The van der Waals surface area contributed by atoms with Crippen molar-refractivity contribution >= 4 is 0 Å². The summed E-state index contributed by atoms with van der Waals surface area (Å²) in [4.78, 5) is 0. The van der Waals surface area contributed by atoms with Gasteiger partial charge in [0.25, 0.3) is 0 Å². The highest BCUT2D eigenvalue weighted by atomic mass is 16.5. The van der Waals surface area contributed by atoms with Crippen molar-refractivity contribution in [3.63, 3.8) is 0 Å². The second kappa shape index (κ2) is 5.58. The van der Waals surface area contributed by atoms with E-state index in [1.165, 1.54) is 16.7 Å². The Morgan fingerprint density at radius 1 is 0.842 bits per heavy atom. The number of hydrogen-bond donors (Lipinski definition) is 0. The maximum Gasteiger partial charge on any atom is 0.0793 e. The van der Waals surface area contributed by atoms with E-state index < -0.39 is 0 Å². The van der Waals surface area contributed by atoms with Gasteiger partial charge in [-0.1, -0.05) is 68.4 Å². The molecule has 1 heteroatoms. The van der Waals surface area contributed by atoms with Crippen molar-refractivity contribution in [1.29, 1.82) is 0 Å². The lowest BCUT2D eigenvalue weighted by Gasteiger charge is -2.26. The van der Waals surface area contributed by atoms with Crippen LogP contribution in [0, 0.1) is 0 Å². The van der Waals surface area contributed by atoms with Crippen LogP contribution in [0.15, 0.2) is 54.6 Å². The summed E-state index contributed by atoms with van der Waals surface area (Å²) in [6.07, 6.45) is 0.147. The topological polar surface area (TPSA) is 9.23 Å². The molecule has 2 rings (SSSR count). The SMILES string of the molecule is COC(C)c1ccc(C(C)(C)c2ccccc2)cc1. The number of ether oxygens (including phenoxy) is 1. The Labute approximate surface area is 116 Å². The van der Waals surface area contributed by atoms with Gasteiger partial charge in [-0.05, 0) is 23.6 Å². The van der Waals surface area contributed by atoms with Gasteiger partial charge in [0, 0.05) is 12.5 Å². The van der Waals surface area contributed by atoms with Gasteiger partial charge < -0.3 is 4.74 Å². The third kappa shape index (κ3) is 2.87. The summed E-state index contributed by atoms with van der Waals surface area (Å²) < 4.78 is 5.35. The number of hydrogen-bond acceptors (Lipinski definition) is 1. The lowest BCUT2D eigenvalue weighted by atomic mass is 9.78. The van der Waals surface area contributed by atoms with Gasteiger partial charge in [0.2, 0.25) is 0 Å². The first-order valence-corrected chi connectivity index (χ1v) is 6.74. The lowest BCUT2D eigenvalue weighted by Crippen LogP contribution is -2.18. The van der Waals surface area contributed by atoms with Crippen molar-refractivity contribution in [2.24, 2.45) is 0 Å². The Morgan fingerprint density at radius 2 is 1.37 bits per heavy atom. The molecule has 0 aliphatic carbocycles. The molecule has 1 nitrogen and oxygen atoms in total. The summed E-state index contributed by atoms with van der Waals surface area (Å²) in [6, 6.07) is 19.4. The summed E-state index contributed by atoms with van der Waals surface area (Å²) >= 11 is 0. The quantitative estimate of drug-likeness (QED) is 0.767. The summed E-state index contributed by atoms with van der Waals surface area (Å²) in [5.74, 6) is 0. The van der Waals surface area contributed by atoms with E-state index in [0.29, 0.717) is 0 Å². The van der Waals surface area contributed by atoms with Gasteiger partial charge in [0.05, 0.1) is 6.10 Å². The highest BCUT2D eigenvalue weighted by Gasteiger charge is 2.22. The molecule has 0 N–H and O–H groups in total. The lowest BCUT2D eigenvalue weighted by molar-refractivity contribution is 0.119. The molecule has 0 heterocycles. The molecule has 0 aromatic heterocycles. The molecule has 0 radical (unpaired) electrons. The average molecular weight is 254 g/mol. The van der Waals surface area contributed by atoms with Crippen LogP contribution < -0.4 is 0 Å². The van der Waals surface area contributed by atoms with Gasteiger partial charge in [-0.2, -0.15) is 0 Å². The van der Waals surface area contributed by atoms with E-state index in [2.05, 4.69) is 75.4 Å².